The lowest BCUT2D eigenvalue weighted by molar-refractivity contribution is 0.0444. The van der Waals surface area contributed by atoms with Gasteiger partial charge in [0.15, 0.2) is 0 Å². The first-order chi connectivity index (χ1) is 19.4. The summed E-state index contributed by atoms with van der Waals surface area (Å²) in [4.78, 5) is 28.3. The molecule has 0 aliphatic heterocycles. The molecule has 0 aromatic heterocycles. The number of carbonyl (C=O) groups excluding carboxylic acids is 2. The fourth-order valence-electron chi connectivity index (χ4n) is 4.66. The van der Waals surface area contributed by atoms with Crippen molar-refractivity contribution in [2.75, 3.05) is 33.5 Å². The molecule has 1 atom stereocenters. The molecule has 2 amide bonds. The van der Waals surface area contributed by atoms with Crippen LogP contribution in [0.1, 0.15) is 76.7 Å². The number of hydrogen-bond acceptors (Lipinski definition) is 6. The molecular weight excluding hydrogens is 527 g/mol. The van der Waals surface area contributed by atoms with Gasteiger partial charge in [0.1, 0.15) is 17.2 Å². The number of hydrogen-bond donors (Lipinski definition) is 2. The number of aliphatic hydroxyl groups is 1. The molecule has 0 aliphatic carbocycles. The van der Waals surface area contributed by atoms with E-state index in [4.69, 9.17) is 14.2 Å². The molecule has 228 valence electrons. The van der Waals surface area contributed by atoms with Gasteiger partial charge in [-0.1, -0.05) is 31.5 Å². The molecule has 0 saturated carbocycles. The highest BCUT2D eigenvalue weighted by Gasteiger charge is 2.30. The van der Waals surface area contributed by atoms with Gasteiger partial charge >= 0.3 is 6.09 Å². The van der Waals surface area contributed by atoms with Gasteiger partial charge in [0.25, 0.3) is 5.91 Å². The number of rotatable bonds is 15. The van der Waals surface area contributed by atoms with E-state index in [0.29, 0.717) is 48.5 Å². The second-order valence-corrected chi connectivity index (χ2v) is 11.3. The Morgan fingerprint density at radius 1 is 1.10 bits per heavy atom. The number of methoxy groups -OCH3 is 1. The first-order valence-electron chi connectivity index (χ1n) is 14.4. The van der Waals surface area contributed by atoms with Gasteiger partial charge in [0.2, 0.25) is 0 Å². The Balaban J connectivity index is 2.56. The smallest absolute Gasteiger partial charge is 0.407 e. The summed E-state index contributed by atoms with van der Waals surface area (Å²) >= 11 is 0. The molecule has 0 saturated heterocycles. The van der Waals surface area contributed by atoms with Crippen molar-refractivity contribution in [1.29, 1.82) is 0 Å². The van der Waals surface area contributed by atoms with Crippen LogP contribution in [0.25, 0.3) is 11.1 Å². The largest absolute Gasteiger partial charge is 0.493 e. The molecule has 8 nitrogen and oxygen atoms in total. The first kappa shape index (κ1) is 34.0. The summed E-state index contributed by atoms with van der Waals surface area (Å²) in [5.41, 5.74) is 1.52. The number of benzene rings is 2. The van der Waals surface area contributed by atoms with E-state index in [1.54, 1.807) is 57.0 Å². The molecule has 0 unspecified atom stereocenters. The fraction of sp³-hybridized carbons (Fsp3) is 0.562. The molecule has 0 heterocycles. The molecule has 2 N–H and O–H groups in total. The van der Waals surface area contributed by atoms with Gasteiger partial charge in [-0.3, -0.25) is 4.79 Å². The van der Waals surface area contributed by atoms with Crippen LogP contribution in [0.5, 0.6) is 5.75 Å². The normalized spacial score (nSPS) is 12.2. The third-order valence-corrected chi connectivity index (χ3v) is 6.40. The highest BCUT2D eigenvalue weighted by Crippen LogP contribution is 2.36. The van der Waals surface area contributed by atoms with E-state index in [2.05, 4.69) is 5.32 Å². The van der Waals surface area contributed by atoms with Gasteiger partial charge < -0.3 is 29.5 Å². The lowest BCUT2D eigenvalue weighted by Crippen LogP contribution is -2.51. The Kier molecular flexibility index (Phi) is 13.5. The lowest BCUT2D eigenvalue weighted by Gasteiger charge is -2.36. The lowest BCUT2D eigenvalue weighted by atomic mass is 9.93. The summed E-state index contributed by atoms with van der Waals surface area (Å²) in [6, 6.07) is 9.32. The van der Waals surface area contributed by atoms with Crippen LogP contribution in [0.3, 0.4) is 0 Å². The van der Waals surface area contributed by atoms with Crippen LogP contribution in [0.2, 0.25) is 0 Å². The standard InChI is InChI=1S/C32H47FN2O6/c1-8-12-23-19-27(25-13-9-10-14-28(25)33)29(40-18-11-17-39-7)20-26(23)30(37)35(22(2)3)24(15-16-36)21-34-31(38)41-32(4,5)6/h9-10,13-14,19-20,22,24,36H,8,11-12,15-18,21H2,1-7H3,(H,34,38)/t24-/m1/s1. The molecule has 9 heteroatoms. The minimum Gasteiger partial charge on any atom is -0.493 e. The SMILES string of the molecule is CCCc1cc(-c2ccccc2F)c(OCCCOC)cc1C(=O)N(C(C)C)[C@H](CCO)CNC(=O)OC(C)(C)C. The number of nitrogens with one attached hydrogen (secondary N) is 1. The molecule has 0 aliphatic rings. The summed E-state index contributed by atoms with van der Waals surface area (Å²) in [5.74, 6) is -0.228. The van der Waals surface area contributed by atoms with Crippen LogP contribution in [0, 0.1) is 5.82 Å². The molecule has 0 bridgehead atoms. The molecule has 0 radical (unpaired) electrons. The molecular formula is C32H47FN2O6. The van der Waals surface area contributed by atoms with E-state index in [-0.39, 0.29) is 37.3 Å². The van der Waals surface area contributed by atoms with Crippen molar-refractivity contribution in [3.63, 3.8) is 0 Å². The third kappa shape index (κ3) is 10.3. The maximum Gasteiger partial charge on any atom is 0.407 e. The van der Waals surface area contributed by atoms with Crippen molar-refractivity contribution < 1.29 is 33.3 Å². The van der Waals surface area contributed by atoms with Gasteiger partial charge in [-0.05, 0) is 71.2 Å². The highest BCUT2D eigenvalue weighted by atomic mass is 19.1. The fourth-order valence-corrected chi connectivity index (χ4v) is 4.66. The average Bonchev–Trinajstić information content (AvgIpc) is 2.89. The van der Waals surface area contributed by atoms with Gasteiger partial charge in [-0.25, -0.2) is 9.18 Å². The highest BCUT2D eigenvalue weighted by molar-refractivity contribution is 5.98. The van der Waals surface area contributed by atoms with Crippen molar-refractivity contribution >= 4 is 12.0 Å². The van der Waals surface area contributed by atoms with Crippen molar-refractivity contribution in [3.8, 4) is 16.9 Å². The second-order valence-electron chi connectivity index (χ2n) is 11.3. The number of aryl methyl sites for hydroxylation is 1. The van der Waals surface area contributed by atoms with Crippen molar-refractivity contribution in [1.82, 2.24) is 10.2 Å². The third-order valence-electron chi connectivity index (χ3n) is 6.40. The Morgan fingerprint density at radius 2 is 1.80 bits per heavy atom. The van der Waals surface area contributed by atoms with E-state index >= 15 is 0 Å². The predicted molar refractivity (Wildman–Crippen MR) is 159 cm³/mol. The topological polar surface area (TPSA) is 97.3 Å². The van der Waals surface area contributed by atoms with Crippen LogP contribution in [-0.4, -0.2) is 73.2 Å². The number of ether oxygens (including phenoxy) is 3. The second kappa shape index (κ2) is 16.3. The number of halogens is 1. The zero-order valence-electron chi connectivity index (χ0n) is 25.6. The van der Waals surface area contributed by atoms with Crippen molar-refractivity contribution in [2.45, 2.75) is 84.9 Å². The predicted octanol–water partition coefficient (Wildman–Crippen LogP) is 5.99. The van der Waals surface area contributed by atoms with Crippen LogP contribution < -0.4 is 10.1 Å². The Labute approximate surface area is 244 Å². The zero-order valence-corrected chi connectivity index (χ0v) is 25.6. The van der Waals surface area contributed by atoms with E-state index in [1.165, 1.54) is 6.07 Å². The first-order valence-corrected chi connectivity index (χ1v) is 14.4. The van der Waals surface area contributed by atoms with E-state index < -0.39 is 17.7 Å². The monoisotopic (exact) mass is 574 g/mol. The molecule has 2 aromatic carbocycles. The van der Waals surface area contributed by atoms with Crippen LogP contribution in [-0.2, 0) is 15.9 Å². The quantitative estimate of drug-likeness (QED) is 0.254. The molecule has 0 fully saturated rings. The van der Waals surface area contributed by atoms with Crippen molar-refractivity contribution in [3.05, 3.63) is 53.3 Å². The van der Waals surface area contributed by atoms with Gasteiger partial charge in [-0.2, -0.15) is 0 Å². The van der Waals surface area contributed by atoms with Gasteiger partial charge in [-0.15, -0.1) is 0 Å². The number of carbonyl (C=O) groups is 2. The van der Waals surface area contributed by atoms with E-state index in [9.17, 15) is 19.1 Å². The average molecular weight is 575 g/mol. The summed E-state index contributed by atoms with van der Waals surface area (Å²) in [7, 11) is 1.61. The summed E-state index contributed by atoms with van der Waals surface area (Å²) in [5, 5.41) is 12.6. The van der Waals surface area contributed by atoms with Crippen LogP contribution >= 0.6 is 0 Å². The molecule has 2 aromatic rings. The van der Waals surface area contributed by atoms with Gasteiger partial charge in [0, 0.05) is 56.0 Å². The summed E-state index contributed by atoms with van der Waals surface area (Å²) in [6.45, 7) is 11.9. The Hall–Kier alpha value is -3.17. The minimum atomic E-state index is -0.668. The molecule has 0 spiro atoms. The maximum absolute atomic E-state index is 14.9. The van der Waals surface area contributed by atoms with E-state index in [0.717, 1.165) is 12.0 Å². The van der Waals surface area contributed by atoms with E-state index in [1.807, 2.05) is 26.8 Å². The Morgan fingerprint density at radius 3 is 2.39 bits per heavy atom. The number of nitrogens with zero attached hydrogens (tertiary/aromatic N) is 1. The van der Waals surface area contributed by atoms with Crippen LogP contribution in [0.4, 0.5) is 9.18 Å². The van der Waals surface area contributed by atoms with Crippen LogP contribution in [0.15, 0.2) is 36.4 Å². The van der Waals surface area contributed by atoms with Gasteiger partial charge in [0.05, 0.1) is 12.6 Å². The minimum absolute atomic E-state index is 0.107. The number of amides is 2. The molecule has 41 heavy (non-hydrogen) atoms. The number of alkyl carbamates (subject to hydrolysis) is 1. The zero-order chi connectivity index (χ0) is 30.6. The summed E-state index contributed by atoms with van der Waals surface area (Å²) < 4.78 is 31.6. The Bertz CT molecular complexity index is 1130. The summed E-state index contributed by atoms with van der Waals surface area (Å²) in [6.07, 6.45) is 1.66. The van der Waals surface area contributed by atoms with Crippen molar-refractivity contribution in [2.24, 2.45) is 0 Å². The molecule has 2 rings (SSSR count). The maximum atomic E-state index is 14.9. The number of aliphatic hydroxyl groups excluding tert-OH is 1.